The third-order valence-corrected chi connectivity index (χ3v) is 5.93. The Hall–Kier alpha value is -0.170. The fourth-order valence-corrected chi connectivity index (χ4v) is 4.19. The molecule has 2 aliphatic rings. The molecule has 1 heterocycles. The van der Waals surface area contributed by atoms with Crippen molar-refractivity contribution in [3.05, 3.63) is 0 Å². The molecule has 0 bridgehead atoms. The molecule has 5 nitrogen and oxygen atoms in total. The van der Waals surface area contributed by atoms with Crippen LogP contribution < -0.4 is 10.0 Å². The first-order valence-electron chi connectivity index (χ1n) is 8.28. The second-order valence-electron chi connectivity index (χ2n) is 7.65. The number of hydrogen-bond acceptors (Lipinski definition) is 3. The Kier molecular flexibility index (Phi) is 5.68. The van der Waals surface area contributed by atoms with Gasteiger partial charge in [0, 0.05) is 31.7 Å². The van der Waals surface area contributed by atoms with Crippen LogP contribution in [0.15, 0.2) is 0 Å². The van der Waals surface area contributed by atoms with Crippen molar-refractivity contribution in [3.63, 3.8) is 0 Å². The second kappa shape index (κ2) is 6.94. The Labute approximate surface area is 130 Å². The second-order valence-corrected chi connectivity index (χ2v) is 9.36. The highest BCUT2D eigenvalue weighted by Crippen LogP contribution is 2.23. The summed E-state index contributed by atoms with van der Waals surface area (Å²) in [6.07, 6.45) is 6.41. The minimum absolute atomic E-state index is 0.117. The summed E-state index contributed by atoms with van der Waals surface area (Å²) in [5.74, 6) is 0. The quantitative estimate of drug-likeness (QED) is 0.753. The number of nitrogens with zero attached hydrogens (tertiary/aromatic N) is 1. The fraction of sp³-hybridized carbons (Fsp3) is 1.00. The molecule has 2 fully saturated rings. The van der Waals surface area contributed by atoms with E-state index in [0.29, 0.717) is 19.1 Å². The first-order valence-corrected chi connectivity index (χ1v) is 9.72. The van der Waals surface area contributed by atoms with E-state index in [1.807, 2.05) is 0 Å². The Morgan fingerprint density at radius 2 is 1.86 bits per heavy atom. The molecule has 1 saturated carbocycles. The van der Waals surface area contributed by atoms with Crippen molar-refractivity contribution >= 4 is 10.2 Å². The van der Waals surface area contributed by atoms with Crippen molar-refractivity contribution in [1.82, 2.24) is 14.3 Å². The van der Waals surface area contributed by atoms with E-state index in [1.54, 1.807) is 4.31 Å². The Bertz CT molecular complexity index is 427. The number of nitrogens with one attached hydrogen (secondary N) is 2. The maximum Gasteiger partial charge on any atom is 0.279 e. The third kappa shape index (κ3) is 5.85. The van der Waals surface area contributed by atoms with Gasteiger partial charge in [-0.25, -0.2) is 4.72 Å². The SMILES string of the molecule is CC(C)(C)CCNS(=O)(=O)N1CCCCC1CNC1CC1. The lowest BCUT2D eigenvalue weighted by Gasteiger charge is -2.35. The highest BCUT2D eigenvalue weighted by atomic mass is 32.2. The van der Waals surface area contributed by atoms with Gasteiger partial charge in [-0.2, -0.15) is 12.7 Å². The highest BCUT2D eigenvalue weighted by molar-refractivity contribution is 7.87. The van der Waals surface area contributed by atoms with Crippen LogP contribution in [0.25, 0.3) is 0 Å². The average Bonchev–Trinajstić information content (AvgIpc) is 3.19. The summed E-state index contributed by atoms with van der Waals surface area (Å²) in [7, 11) is -3.34. The summed E-state index contributed by atoms with van der Waals surface area (Å²) in [5, 5.41) is 3.47. The molecule has 1 saturated heterocycles. The van der Waals surface area contributed by atoms with Gasteiger partial charge in [-0.3, -0.25) is 0 Å². The molecule has 21 heavy (non-hydrogen) atoms. The Balaban J connectivity index is 1.87. The lowest BCUT2D eigenvalue weighted by Crippen LogP contribution is -2.52. The van der Waals surface area contributed by atoms with Crippen LogP contribution in [-0.4, -0.2) is 44.4 Å². The molecular weight excluding hydrogens is 286 g/mol. The zero-order valence-electron chi connectivity index (χ0n) is 13.7. The largest absolute Gasteiger partial charge is 0.312 e. The predicted octanol–water partition coefficient (Wildman–Crippen LogP) is 1.86. The van der Waals surface area contributed by atoms with Gasteiger partial charge in [0.2, 0.25) is 0 Å². The van der Waals surface area contributed by atoms with Crippen molar-refractivity contribution in [3.8, 4) is 0 Å². The van der Waals surface area contributed by atoms with Crippen molar-refractivity contribution in [2.24, 2.45) is 5.41 Å². The standard InChI is InChI=1S/C15H31N3O2S/c1-15(2,3)9-10-17-21(19,20)18-11-5-4-6-14(18)12-16-13-7-8-13/h13-14,16-17H,4-12H2,1-3H3. The number of hydrogen-bond donors (Lipinski definition) is 2. The van der Waals surface area contributed by atoms with E-state index < -0.39 is 10.2 Å². The summed E-state index contributed by atoms with van der Waals surface area (Å²) >= 11 is 0. The van der Waals surface area contributed by atoms with Gasteiger partial charge >= 0.3 is 0 Å². The lowest BCUT2D eigenvalue weighted by molar-refractivity contribution is 0.241. The van der Waals surface area contributed by atoms with E-state index in [-0.39, 0.29) is 11.5 Å². The van der Waals surface area contributed by atoms with Crippen LogP contribution in [0, 0.1) is 5.41 Å². The van der Waals surface area contributed by atoms with Crippen LogP contribution >= 0.6 is 0 Å². The molecule has 1 aliphatic carbocycles. The van der Waals surface area contributed by atoms with Gasteiger partial charge in [0.25, 0.3) is 10.2 Å². The Morgan fingerprint density at radius 1 is 1.14 bits per heavy atom. The summed E-state index contributed by atoms with van der Waals surface area (Å²) < 4.78 is 29.5. The first kappa shape index (κ1) is 17.2. The van der Waals surface area contributed by atoms with E-state index in [4.69, 9.17) is 0 Å². The highest BCUT2D eigenvalue weighted by Gasteiger charge is 2.33. The molecule has 1 atom stereocenters. The van der Waals surface area contributed by atoms with Crippen molar-refractivity contribution in [2.45, 2.75) is 71.4 Å². The monoisotopic (exact) mass is 317 g/mol. The molecule has 1 unspecified atom stereocenters. The average molecular weight is 317 g/mol. The van der Waals surface area contributed by atoms with Gasteiger partial charge in [-0.1, -0.05) is 27.2 Å². The normalized spacial score (nSPS) is 25.2. The summed E-state index contributed by atoms with van der Waals surface area (Å²) in [6.45, 7) is 8.36. The lowest BCUT2D eigenvalue weighted by atomic mass is 9.93. The smallest absolute Gasteiger partial charge is 0.279 e. The van der Waals surface area contributed by atoms with Gasteiger partial charge in [0.15, 0.2) is 0 Å². The number of piperidine rings is 1. The molecule has 2 N–H and O–H groups in total. The zero-order chi connectivity index (χ0) is 15.5. The predicted molar refractivity (Wildman–Crippen MR) is 86.4 cm³/mol. The van der Waals surface area contributed by atoms with E-state index >= 15 is 0 Å². The topological polar surface area (TPSA) is 61.4 Å². The molecule has 0 aromatic heterocycles. The van der Waals surface area contributed by atoms with Gasteiger partial charge in [-0.15, -0.1) is 0 Å². The molecule has 0 radical (unpaired) electrons. The first-order chi connectivity index (χ1) is 9.78. The molecule has 0 aromatic rings. The van der Waals surface area contributed by atoms with Crippen molar-refractivity contribution < 1.29 is 8.42 Å². The van der Waals surface area contributed by atoms with E-state index in [2.05, 4.69) is 30.8 Å². The van der Waals surface area contributed by atoms with Crippen LogP contribution in [0.3, 0.4) is 0 Å². The molecular formula is C15H31N3O2S. The van der Waals surface area contributed by atoms with Crippen LogP contribution in [-0.2, 0) is 10.2 Å². The van der Waals surface area contributed by atoms with Crippen LogP contribution in [0.5, 0.6) is 0 Å². The zero-order valence-corrected chi connectivity index (χ0v) is 14.5. The molecule has 0 amide bonds. The van der Waals surface area contributed by atoms with Crippen molar-refractivity contribution in [2.75, 3.05) is 19.6 Å². The van der Waals surface area contributed by atoms with Gasteiger partial charge in [-0.05, 0) is 37.5 Å². The third-order valence-electron chi connectivity index (χ3n) is 4.26. The Morgan fingerprint density at radius 3 is 2.48 bits per heavy atom. The number of rotatable bonds is 7. The van der Waals surface area contributed by atoms with Gasteiger partial charge in [0.1, 0.15) is 0 Å². The van der Waals surface area contributed by atoms with Crippen molar-refractivity contribution in [1.29, 1.82) is 0 Å². The minimum Gasteiger partial charge on any atom is -0.312 e. The maximum atomic E-state index is 12.5. The summed E-state index contributed by atoms with van der Waals surface area (Å²) in [4.78, 5) is 0. The molecule has 0 spiro atoms. The van der Waals surface area contributed by atoms with Crippen LogP contribution in [0.1, 0.15) is 59.3 Å². The minimum atomic E-state index is -3.34. The van der Waals surface area contributed by atoms with E-state index in [1.165, 1.54) is 12.8 Å². The fourth-order valence-electron chi connectivity index (χ4n) is 2.72. The molecule has 124 valence electrons. The summed E-state index contributed by atoms with van der Waals surface area (Å²) in [5.41, 5.74) is 0.150. The van der Waals surface area contributed by atoms with E-state index in [0.717, 1.165) is 32.2 Å². The molecule has 1 aliphatic heterocycles. The maximum absolute atomic E-state index is 12.5. The molecule has 2 rings (SSSR count). The van der Waals surface area contributed by atoms with Gasteiger partial charge in [0.05, 0.1) is 0 Å². The molecule has 6 heteroatoms. The van der Waals surface area contributed by atoms with E-state index in [9.17, 15) is 8.42 Å². The van der Waals surface area contributed by atoms with Crippen LogP contribution in [0.2, 0.25) is 0 Å². The van der Waals surface area contributed by atoms with Crippen LogP contribution in [0.4, 0.5) is 0 Å². The summed E-state index contributed by atoms with van der Waals surface area (Å²) in [6, 6.07) is 0.747. The van der Waals surface area contributed by atoms with Gasteiger partial charge < -0.3 is 5.32 Å². The molecule has 0 aromatic carbocycles.